The van der Waals surface area contributed by atoms with E-state index in [1.165, 1.54) is 11.8 Å². The molecule has 0 spiro atoms. The number of thioether (sulfide) groups is 1. The van der Waals surface area contributed by atoms with Gasteiger partial charge in [0.2, 0.25) is 0 Å². The molecule has 1 rings (SSSR count). The molecule has 0 saturated heterocycles. The molecule has 5 heteroatoms. The van der Waals surface area contributed by atoms with Crippen LogP contribution in [0.15, 0.2) is 0 Å². The standard InChI is InChI=1S/C8H15NO3S/c10-8(11)5-13-7-3-1-2-6(4-7)9-12/h6-7,9,12H,1-5H2,(H,10,11). The molecule has 0 radical (unpaired) electrons. The Bertz CT molecular complexity index is 177. The van der Waals surface area contributed by atoms with Crippen LogP contribution in [-0.4, -0.2) is 33.3 Å². The van der Waals surface area contributed by atoms with Crippen molar-refractivity contribution in [3.05, 3.63) is 0 Å². The third kappa shape index (κ3) is 3.97. The van der Waals surface area contributed by atoms with Crippen molar-refractivity contribution in [2.75, 3.05) is 5.75 Å². The molecule has 1 saturated carbocycles. The highest BCUT2D eigenvalue weighted by Crippen LogP contribution is 2.28. The lowest BCUT2D eigenvalue weighted by Gasteiger charge is -2.27. The zero-order valence-corrected chi connectivity index (χ0v) is 8.22. The third-order valence-electron chi connectivity index (χ3n) is 2.25. The highest BCUT2D eigenvalue weighted by atomic mass is 32.2. The van der Waals surface area contributed by atoms with Gasteiger partial charge in [0.1, 0.15) is 0 Å². The van der Waals surface area contributed by atoms with Crippen molar-refractivity contribution in [2.45, 2.75) is 37.0 Å². The summed E-state index contributed by atoms with van der Waals surface area (Å²) in [6.45, 7) is 0. The smallest absolute Gasteiger partial charge is 0.313 e. The Kier molecular flexibility index (Phi) is 4.55. The Morgan fingerprint density at radius 2 is 2.31 bits per heavy atom. The van der Waals surface area contributed by atoms with Gasteiger partial charge in [0.05, 0.1) is 5.75 Å². The molecule has 0 bridgehead atoms. The first kappa shape index (κ1) is 10.8. The fraction of sp³-hybridized carbons (Fsp3) is 0.875. The molecular weight excluding hydrogens is 190 g/mol. The zero-order chi connectivity index (χ0) is 9.68. The third-order valence-corrected chi connectivity index (χ3v) is 3.56. The van der Waals surface area contributed by atoms with Crippen LogP contribution in [0.1, 0.15) is 25.7 Å². The van der Waals surface area contributed by atoms with Gasteiger partial charge in [0.15, 0.2) is 0 Å². The number of carbonyl (C=O) groups is 1. The van der Waals surface area contributed by atoms with Gasteiger partial charge in [-0.05, 0) is 19.3 Å². The van der Waals surface area contributed by atoms with Crippen LogP contribution in [0.25, 0.3) is 0 Å². The number of carboxylic acids is 1. The maximum atomic E-state index is 10.3. The second-order valence-electron chi connectivity index (χ2n) is 3.32. The maximum absolute atomic E-state index is 10.3. The molecule has 0 aromatic rings. The number of carboxylic acid groups (broad SMARTS) is 1. The lowest BCUT2D eigenvalue weighted by atomic mass is 9.96. The summed E-state index contributed by atoms with van der Waals surface area (Å²) in [5.41, 5.74) is 2.26. The van der Waals surface area contributed by atoms with Crippen molar-refractivity contribution in [1.29, 1.82) is 0 Å². The summed E-state index contributed by atoms with van der Waals surface area (Å²) in [6.07, 6.45) is 3.99. The molecule has 3 N–H and O–H groups in total. The van der Waals surface area contributed by atoms with E-state index in [1.54, 1.807) is 0 Å². The van der Waals surface area contributed by atoms with Crippen LogP contribution < -0.4 is 5.48 Å². The molecule has 13 heavy (non-hydrogen) atoms. The molecule has 0 aliphatic heterocycles. The molecule has 1 aliphatic carbocycles. The van der Waals surface area contributed by atoms with E-state index < -0.39 is 5.97 Å². The molecule has 4 nitrogen and oxygen atoms in total. The van der Waals surface area contributed by atoms with E-state index in [-0.39, 0.29) is 11.8 Å². The van der Waals surface area contributed by atoms with Gasteiger partial charge < -0.3 is 10.3 Å². The number of aliphatic carboxylic acids is 1. The van der Waals surface area contributed by atoms with Crippen LogP contribution in [-0.2, 0) is 4.79 Å². The number of hydroxylamine groups is 1. The fourth-order valence-corrected chi connectivity index (χ4v) is 2.68. The molecule has 1 aliphatic rings. The van der Waals surface area contributed by atoms with E-state index in [2.05, 4.69) is 5.48 Å². The van der Waals surface area contributed by atoms with Crippen molar-refractivity contribution in [3.8, 4) is 0 Å². The minimum absolute atomic E-state index is 0.153. The Balaban J connectivity index is 2.21. The maximum Gasteiger partial charge on any atom is 0.313 e. The van der Waals surface area contributed by atoms with Gasteiger partial charge in [-0.15, -0.1) is 11.8 Å². The van der Waals surface area contributed by atoms with Crippen molar-refractivity contribution in [1.82, 2.24) is 5.48 Å². The Hall–Kier alpha value is -0.260. The first-order valence-electron chi connectivity index (χ1n) is 4.45. The average Bonchev–Trinajstić information content (AvgIpc) is 2.15. The van der Waals surface area contributed by atoms with E-state index in [0.29, 0.717) is 5.25 Å². The predicted molar refractivity (Wildman–Crippen MR) is 51.1 cm³/mol. The molecule has 0 aromatic heterocycles. The first-order chi connectivity index (χ1) is 6.22. The predicted octanol–water partition coefficient (Wildman–Crippen LogP) is 1.09. The Morgan fingerprint density at radius 1 is 1.54 bits per heavy atom. The lowest BCUT2D eigenvalue weighted by Crippen LogP contribution is -2.33. The van der Waals surface area contributed by atoms with Crippen LogP contribution in [0.3, 0.4) is 0 Å². The van der Waals surface area contributed by atoms with E-state index in [9.17, 15) is 4.79 Å². The van der Waals surface area contributed by atoms with Crippen LogP contribution >= 0.6 is 11.8 Å². The van der Waals surface area contributed by atoms with Crippen molar-refractivity contribution in [3.63, 3.8) is 0 Å². The lowest BCUT2D eigenvalue weighted by molar-refractivity contribution is -0.133. The zero-order valence-electron chi connectivity index (χ0n) is 7.40. The van der Waals surface area contributed by atoms with Crippen LogP contribution in [0.2, 0.25) is 0 Å². The summed E-state index contributed by atoms with van der Waals surface area (Å²) in [5, 5.41) is 17.6. The van der Waals surface area contributed by atoms with Crippen LogP contribution in [0.4, 0.5) is 0 Å². The quantitative estimate of drug-likeness (QED) is 0.599. The molecule has 0 amide bonds. The Morgan fingerprint density at radius 3 is 2.92 bits per heavy atom. The molecule has 1 fully saturated rings. The summed E-state index contributed by atoms with van der Waals surface area (Å²) in [6, 6.07) is 0.153. The van der Waals surface area contributed by atoms with Gasteiger partial charge in [-0.1, -0.05) is 6.42 Å². The summed E-state index contributed by atoms with van der Waals surface area (Å²) >= 11 is 1.47. The van der Waals surface area contributed by atoms with Gasteiger partial charge in [0.25, 0.3) is 0 Å². The van der Waals surface area contributed by atoms with Crippen molar-refractivity contribution < 1.29 is 15.1 Å². The van der Waals surface area contributed by atoms with Gasteiger partial charge in [0, 0.05) is 11.3 Å². The average molecular weight is 205 g/mol. The van der Waals surface area contributed by atoms with Gasteiger partial charge in [-0.25, -0.2) is 5.48 Å². The number of hydrogen-bond acceptors (Lipinski definition) is 4. The largest absolute Gasteiger partial charge is 0.481 e. The van der Waals surface area contributed by atoms with Gasteiger partial charge in [-0.3, -0.25) is 4.79 Å². The fourth-order valence-electron chi connectivity index (χ4n) is 1.60. The minimum Gasteiger partial charge on any atom is -0.481 e. The monoisotopic (exact) mass is 205 g/mol. The molecule has 2 atom stereocenters. The van der Waals surface area contributed by atoms with E-state index in [1.807, 2.05) is 0 Å². The SMILES string of the molecule is O=C(O)CSC1CCCC(NO)C1. The summed E-state index contributed by atoms with van der Waals surface area (Å²) in [4.78, 5) is 10.3. The van der Waals surface area contributed by atoms with Crippen LogP contribution in [0, 0.1) is 0 Å². The summed E-state index contributed by atoms with van der Waals surface area (Å²) in [7, 11) is 0. The first-order valence-corrected chi connectivity index (χ1v) is 5.50. The van der Waals surface area contributed by atoms with Gasteiger partial charge >= 0.3 is 5.97 Å². The summed E-state index contributed by atoms with van der Waals surface area (Å²) in [5.74, 6) is -0.591. The van der Waals surface area contributed by atoms with Crippen molar-refractivity contribution >= 4 is 17.7 Å². The van der Waals surface area contributed by atoms with Crippen LogP contribution in [0.5, 0.6) is 0 Å². The normalized spacial score (nSPS) is 28.7. The number of nitrogens with one attached hydrogen (secondary N) is 1. The van der Waals surface area contributed by atoms with E-state index >= 15 is 0 Å². The minimum atomic E-state index is -0.760. The number of rotatable bonds is 4. The number of hydrogen-bond donors (Lipinski definition) is 3. The van der Waals surface area contributed by atoms with Crippen molar-refractivity contribution in [2.24, 2.45) is 0 Å². The topological polar surface area (TPSA) is 69.6 Å². The molecular formula is C8H15NO3S. The molecule has 76 valence electrons. The molecule has 0 aromatic carbocycles. The Labute approximate surface area is 81.7 Å². The van der Waals surface area contributed by atoms with Gasteiger partial charge in [-0.2, -0.15) is 0 Å². The second kappa shape index (κ2) is 5.47. The highest BCUT2D eigenvalue weighted by Gasteiger charge is 2.22. The molecule has 2 unspecified atom stereocenters. The summed E-state index contributed by atoms with van der Waals surface area (Å²) < 4.78 is 0. The van der Waals surface area contributed by atoms with E-state index in [4.69, 9.17) is 10.3 Å². The highest BCUT2D eigenvalue weighted by molar-refractivity contribution is 8.00. The molecule has 0 heterocycles. The second-order valence-corrected chi connectivity index (χ2v) is 4.61. The van der Waals surface area contributed by atoms with E-state index in [0.717, 1.165) is 25.7 Å².